The first-order valence-electron chi connectivity index (χ1n) is 8.09. The molecule has 0 bridgehead atoms. The number of pyridine rings is 1. The van der Waals surface area contributed by atoms with Gasteiger partial charge in [0.2, 0.25) is 5.91 Å². The Morgan fingerprint density at radius 2 is 1.85 bits per heavy atom. The molecule has 138 valence electrons. The fourth-order valence-electron chi connectivity index (χ4n) is 2.08. The lowest BCUT2D eigenvalue weighted by Crippen LogP contribution is -2.34. The van der Waals surface area contributed by atoms with Gasteiger partial charge in [0, 0.05) is 41.9 Å². The van der Waals surface area contributed by atoms with Crippen LogP contribution in [0.3, 0.4) is 0 Å². The molecule has 2 N–H and O–H groups in total. The fourth-order valence-corrected chi connectivity index (χ4v) is 2.81. The van der Waals surface area contributed by atoms with E-state index in [0.717, 1.165) is 4.47 Å². The fraction of sp³-hybridized carbons (Fsp3) is 0.278. The number of carbonyl (C=O) groups excluding carboxylic acids is 2. The third kappa shape index (κ3) is 7.01. The van der Waals surface area contributed by atoms with E-state index >= 15 is 0 Å². The number of hydrogen-bond acceptors (Lipinski definition) is 4. The second-order valence-corrected chi connectivity index (χ2v) is 6.69. The summed E-state index contributed by atoms with van der Waals surface area (Å²) in [7, 11) is 0. The minimum absolute atomic E-state index is 0.0892. The Hall–Kier alpha value is -2.12. The van der Waals surface area contributed by atoms with Gasteiger partial charge < -0.3 is 15.4 Å². The number of nitrogens with zero attached hydrogens (tertiary/aromatic N) is 1. The lowest BCUT2D eigenvalue weighted by atomic mass is 10.2. The molecule has 6 nitrogen and oxygen atoms in total. The Bertz CT molecular complexity index is 744. The van der Waals surface area contributed by atoms with Gasteiger partial charge in [-0.3, -0.25) is 14.6 Å². The van der Waals surface area contributed by atoms with E-state index in [2.05, 4.69) is 31.5 Å². The van der Waals surface area contributed by atoms with E-state index in [9.17, 15) is 9.59 Å². The number of halogens is 2. The van der Waals surface area contributed by atoms with Crippen molar-refractivity contribution in [2.24, 2.45) is 0 Å². The molecular weight excluding hydrogens is 422 g/mol. The van der Waals surface area contributed by atoms with Crippen molar-refractivity contribution < 1.29 is 14.3 Å². The normalized spacial score (nSPS) is 10.2. The zero-order chi connectivity index (χ0) is 18.8. The molecule has 1 heterocycles. The van der Waals surface area contributed by atoms with Crippen molar-refractivity contribution in [3.63, 3.8) is 0 Å². The van der Waals surface area contributed by atoms with Crippen molar-refractivity contribution in [1.29, 1.82) is 0 Å². The van der Waals surface area contributed by atoms with Crippen LogP contribution in [0.1, 0.15) is 23.2 Å². The number of nitrogens with one attached hydrogen (secondary N) is 2. The summed E-state index contributed by atoms with van der Waals surface area (Å²) in [4.78, 5) is 27.4. The number of carbonyl (C=O) groups is 2. The number of ether oxygens (including phenoxy) is 1. The zero-order valence-electron chi connectivity index (χ0n) is 14.0. The van der Waals surface area contributed by atoms with Crippen LogP contribution in [0, 0.1) is 0 Å². The van der Waals surface area contributed by atoms with Crippen LogP contribution in [0.4, 0.5) is 0 Å². The molecule has 0 aliphatic rings. The standard InChI is InChI=1S/C18H19BrClN3O3/c19-14-3-4-16(15(20)12-14)26-11-1-2-17(24)22-9-10-23-18(25)13-5-7-21-8-6-13/h3-8,12H,1-2,9-11H2,(H,22,24)(H,23,25). The van der Waals surface area contributed by atoms with Crippen molar-refractivity contribution in [2.45, 2.75) is 12.8 Å². The molecular formula is C18H19BrClN3O3. The van der Waals surface area contributed by atoms with Gasteiger partial charge in [0.05, 0.1) is 11.6 Å². The highest BCUT2D eigenvalue weighted by atomic mass is 79.9. The van der Waals surface area contributed by atoms with Gasteiger partial charge in [-0.2, -0.15) is 0 Å². The van der Waals surface area contributed by atoms with Crippen LogP contribution in [0.2, 0.25) is 5.02 Å². The molecule has 0 radical (unpaired) electrons. The van der Waals surface area contributed by atoms with Crippen LogP contribution in [0.15, 0.2) is 47.2 Å². The third-order valence-electron chi connectivity index (χ3n) is 3.37. The van der Waals surface area contributed by atoms with Gasteiger partial charge >= 0.3 is 0 Å². The monoisotopic (exact) mass is 439 g/mol. The first-order chi connectivity index (χ1) is 12.6. The second-order valence-electron chi connectivity index (χ2n) is 5.37. The first-order valence-corrected chi connectivity index (χ1v) is 9.26. The summed E-state index contributed by atoms with van der Waals surface area (Å²) in [5.74, 6) is 0.309. The lowest BCUT2D eigenvalue weighted by molar-refractivity contribution is -0.121. The molecule has 0 aliphatic heterocycles. The average Bonchev–Trinajstić information content (AvgIpc) is 2.64. The van der Waals surface area contributed by atoms with Crippen molar-refractivity contribution in [1.82, 2.24) is 15.6 Å². The molecule has 2 rings (SSSR count). The van der Waals surface area contributed by atoms with Gasteiger partial charge in [0.15, 0.2) is 0 Å². The van der Waals surface area contributed by atoms with Gasteiger partial charge in [0.25, 0.3) is 5.91 Å². The molecule has 0 saturated heterocycles. The average molecular weight is 441 g/mol. The molecule has 0 aliphatic carbocycles. The van der Waals surface area contributed by atoms with E-state index in [4.69, 9.17) is 16.3 Å². The summed E-state index contributed by atoms with van der Waals surface area (Å²) in [6, 6.07) is 8.63. The molecule has 1 aromatic carbocycles. The van der Waals surface area contributed by atoms with E-state index in [1.807, 2.05) is 6.07 Å². The Morgan fingerprint density at radius 1 is 1.12 bits per heavy atom. The van der Waals surface area contributed by atoms with Crippen LogP contribution in [-0.2, 0) is 4.79 Å². The molecule has 0 spiro atoms. The number of benzene rings is 1. The number of rotatable bonds is 9. The van der Waals surface area contributed by atoms with E-state index in [1.165, 1.54) is 0 Å². The Kier molecular flexibility index (Phi) is 8.37. The number of amides is 2. The van der Waals surface area contributed by atoms with Crippen LogP contribution in [-0.4, -0.2) is 36.5 Å². The predicted molar refractivity (Wildman–Crippen MR) is 103 cm³/mol. The Labute approximate surface area is 165 Å². The maximum atomic E-state index is 11.8. The summed E-state index contributed by atoms with van der Waals surface area (Å²) in [6.45, 7) is 1.13. The van der Waals surface area contributed by atoms with Crippen LogP contribution in [0.25, 0.3) is 0 Å². The van der Waals surface area contributed by atoms with Crippen LogP contribution in [0.5, 0.6) is 5.75 Å². The molecule has 1 aromatic heterocycles. The largest absolute Gasteiger partial charge is 0.492 e. The van der Waals surface area contributed by atoms with Gasteiger partial charge in [-0.25, -0.2) is 0 Å². The summed E-state index contributed by atoms with van der Waals surface area (Å²) in [5, 5.41) is 6.00. The zero-order valence-corrected chi connectivity index (χ0v) is 16.3. The highest BCUT2D eigenvalue weighted by Crippen LogP contribution is 2.27. The minimum Gasteiger partial charge on any atom is -0.492 e. The van der Waals surface area contributed by atoms with E-state index < -0.39 is 0 Å². The highest BCUT2D eigenvalue weighted by molar-refractivity contribution is 9.10. The quantitative estimate of drug-likeness (QED) is 0.587. The molecule has 0 saturated carbocycles. The topological polar surface area (TPSA) is 80.3 Å². The van der Waals surface area contributed by atoms with Crippen molar-refractivity contribution in [2.75, 3.05) is 19.7 Å². The molecule has 8 heteroatoms. The van der Waals surface area contributed by atoms with Crippen molar-refractivity contribution >= 4 is 39.3 Å². The van der Waals surface area contributed by atoms with Gasteiger partial charge in [-0.15, -0.1) is 0 Å². The first kappa shape index (κ1) is 20.2. The maximum Gasteiger partial charge on any atom is 0.251 e. The SMILES string of the molecule is O=C(CCCOc1ccc(Br)cc1Cl)NCCNC(=O)c1ccncc1. The van der Waals surface area contributed by atoms with Gasteiger partial charge in [-0.05, 0) is 36.8 Å². The Morgan fingerprint density at radius 3 is 2.58 bits per heavy atom. The number of aromatic nitrogens is 1. The van der Waals surface area contributed by atoms with Gasteiger partial charge in [0.1, 0.15) is 5.75 Å². The van der Waals surface area contributed by atoms with Crippen molar-refractivity contribution in [3.8, 4) is 5.75 Å². The number of hydrogen-bond donors (Lipinski definition) is 2. The van der Waals surface area contributed by atoms with Crippen LogP contribution >= 0.6 is 27.5 Å². The van der Waals surface area contributed by atoms with E-state index in [-0.39, 0.29) is 11.8 Å². The molecule has 0 unspecified atom stereocenters. The third-order valence-corrected chi connectivity index (χ3v) is 4.16. The lowest BCUT2D eigenvalue weighted by Gasteiger charge is -2.09. The second kappa shape index (κ2) is 10.8. The summed E-state index contributed by atoms with van der Waals surface area (Å²) in [5.41, 5.74) is 0.537. The van der Waals surface area contributed by atoms with Crippen LogP contribution < -0.4 is 15.4 Å². The van der Waals surface area contributed by atoms with E-state index in [0.29, 0.717) is 48.9 Å². The smallest absolute Gasteiger partial charge is 0.251 e. The Balaban J connectivity index is 1.56. The molecule has 2 amide bonds. The predicted octanol–water partition coefficient (Wildman–Crippen LogP) is 3.20. The summed E-state index contributed by atoms with van der Waals surface area (Å²) in [6.07, 6.45) is 4.02. The maximum absolute atomic E-state index is 11.8. The van der Waals surface area contributed by atoms with E-state index in [1.54, 1.807) is 36.7 Å². The molecule has 0 fully saturated rings. The molecule has 2 aromatic rings. The highest BCUT2D eigenvalue weighted by Gasteiger charge is 2.06. The summed E-state index contributed by atoms with van der Waals surface area (Å²) < 4.78 is 6.43. The van der Waals surface area contributed by atoms with Gasteiger partial charge in [-0.1, -0.05) is 27.5 Å². The molecule has 0 atom stereocenters. The minimum atomic E-state index is -0.193. The molecule has 26 heavy (non-hydrogen) atoms. The van der Waals surface area contributed by atoms with Crippen molar-refractivity contribution in [3.05, 3.63) is 57.8 Å². The summed E-state index contributed by atoms with van der Waals surface area (Å²) >= 11 is 9.38.